The summed E-state index contributed by atoms with van der Waals surface area (Å²) in [5.74, 6) is -0.921. The maximum absolute atomic E-state index is 12.6. The van der Waals surface area contributed by atoms with Crippen LogP contribution >= 0.6 is 44.5 Å². The molecule has 32 heavy (non-hydrogen) atoms. The van der Waals surface area contributed by atoms with Gasteiger partial charge in [-0.3, -0.25) is 14.9 Å². The van der Waals surface area contributed by atoms with E-state index in [2.05, 4.69) is 49.8 Å². The van der Waals surface area contributed by atoms with Gasteiger partial charge in [0.05, 0.1) is 16.8 Å². The molecular formula is C22H23Br2NO6S. The number of carbonyl (C=O) groups excluding carboxylic acids is 3. The van der Waals surface area contributed by atoms with Crippen LogP contribution in [0.4, 0.5) is 10.5 Å². The van der Waals surface area contributed by atoms with Crippen molar-refractivity contribution < 1.29 is 29.0 Å². The number of hydrogen-bond acceptors (Lipinski definition) is 7. The van der Waals surface area contributed by atoms with E-state index >= 15 is 0 Å². The number of benzene rings is 2. The summed E-state index contributed by atoms with van der Waals surface area (Å²) in [6.45, 7) is 3.39. The Balaban J connectivity index is 2.21. The van der Waals surface area contributed by atoms with Crippen molar-refractivity contribution in [3.63, 3.8) is 0 Å². The molecule has 2 aromatic carbocycles. The van der Waals surface area contributed by atoms with Gasteiger partial charge in [0.25, 0.3) is 0 Å². The van der Waals surface area contributed by atoms with Crippen LogP contribution in [-0.4, -0.2) is 35.3 Å². The van der Waals surface area contributed by atoms with Crippen LogP contribution in [0.1, 0.15) is 42.3 Å². The number of Topliss-reactive ketones (excluding diaryl/α,β-unsaturated/α-hetero) is 1. The summed E-state index contributed by atoms with van der Waals surface area (Å²) in [5.41, 5.74) is 1.37. The standard InChI is InChI=1S/C22H23Br2NO6S/c1-12(7-8-30-19(27)11-32)21(17-9-15(23)10-18(24)20(17)28)31-22(29)25-16-5-3-14(4-6-16)13(2)26/h3-6,9-10,12,21,28,32H,7-8,11H2,1-2H3,(H,25,29)/t12-,21+/m0/s1. The molecule has 0 unspecified atom stereocenters. The van der Waals surface area contributed by atoms with E-state index in [1.54, 1.807) is 36.4 Å². The van der Waals surface area contributed by atoms with Gasteiger partial charge in [-0.15, -0.1) is 0 Å². The average molecular weight is 589 g/mol. The normalized spacial score (nSPS) is 12.5. The second-order valence-corrected chi connectivity index (χ2v) is 9.14. The lowest BCUT2D eigenvalue weighted by Crippen LogP contribution is -2.23. The van der Waals surface area contributed by atoms with E-state index in [0.717, 1.165) is 0 Å². The summed E-state index contributed by atoms with van der Waals surface area (Å²) in [7, 11) is 0. The van der Waals surface area contributed by atoms with Crippen molar-refractivity contribution in [2.75, 3.05) is 17.7 Å². The number of thiol groups is 1. The van der Waals surface area contributed by atoms with Crippen LogP contribution in [0, 0.1) is 5.92 Å². The largest absolute Gasteiger partial charge is 0.506 e. The third kappa shape index (κ3) is 7.53. The zero-order valence-corrected chi connectivity index (χ0v) is 21.5. The van der Waals surface area contributed by atoms with Crippen LogP contribution < -0.4 is 5.32 Å². The number of aromatic hydroxyl groups is 1. The fourth-order valence-electron chi connectivity index (χ4n) is 2.90. The van der Waals surface area contributed by atoms with E-state index in [4.69, 9.17) is 9.47 Å². The number of rotatable bonds is 9. The van der Waals surface area contributed by atoms with Gasteiger partial charge < -0.3 is 14.6 Å². The van der Waals surface area contributed by atoms with Crippen molar-refractivity contribution in [1.82, 2.24) is 0 Å². The Labute approximate surface area is 208 Å². The Morgan fingerprint density at radius 3 is 2.41 bits per heavy atom. The predicted octanol–water partition coefficient (Wildman–Crippen LogP) is 5.91. The number of esters is 1. The number of nitrogens with one attached hydrogen (secondary N) is 1. The van der Waals surface area contributed by atoms with Gasteiger partial charge in [0.1, 0.15) is 11.9 Å². The van der Waals surface area contributed by atoms with E-state index < -0.39 is 18.2 Å². The predicted molar refractivity (Wildman–Crippen MR) is 131 cm³/mol. The second-order valence-electron chi connectivity index (χ2n) is 7.05. The maximum atomic E-state index is 12.6. The minimum Gasteiger partial charge on any atom is -0.506 e. The van der Waals surface area contributed by atoms with Crippen molar-refractivity contribution in [2.45, 2.75) is 26.4 Å². The molecular weight excluding hydrogens is 566 g/mol. The van der Waals surface area contributed by atoms with Crippen LogP contribution in [0.25, 0.3) is 0 Å². The molecule has 0 aliphatic carbocycles. The number of anilines is 1. The van der Waals surface area contributed by atoms with Crippen LogP contribution in [0.3, 0.4) is 0 Å². The van der Waals surface area contributed by atoms with Gasteiger partial charge in [0.15, 0.2) is 5.78 Å². The number of ether oxygens (including phenoxy) is 2. The van der Waals surface area contributed by atoms with Gasteiger partial charge in [0, 0.05) is 27.2 Å². The van der Waals surface area contributed by atoms with Crippen molar-refractivity contribution in [3.8, 4) is 5.75 Å². The fraction of sp³-hybridized carbons (Fsp3) is 0.318. The molecule has 0 aromatic heterocycles. The van der Waals surface area contributed by atoms with E-state index in [-0.39, 0.29) is 29.8 Å². The van der Waals surface area contributed by atoms with Crippen molar-refractivity contribution >= 4 is 68.0 Å². The Bertz CT molecular complexity index is 983. The highest BCUT2D eigenvalue weighted by Gasteiger charge is 2.28. The first-order valence-electron chi connectivity index (χ1n) is 9.65. The summed E-state index contributed by atoms with van der Waals surface area (Å²) < 4.78 is 11.9. The molecule has 0 saturated heterocycles. The van der Waals surface area contributed by atoms with Gasteiger partial charge >= 0.3 is 12.1 Å². The Kier molecular flexibility index (Phi) is 10.0. The first-order chi connectivity index (χ1) is 15.1. The minimum atomic E-state index is -0.838. The third-order valence-electron chi connectivity index (χ3n) is 4.62. The number of hydrogen-bond donors (Lipinski definition) is 3. The van der Waals surface area contributed by atoms with E-state index in [1.165, 1.54) is 6.92 Å². The topological polar surface area (TPSA) is 102 Å². The fourth-order valence-corrected chi connectivity index (χ4v) is 4.25. The lowest BCUT2D eigenvalue weighted by Gasteiger charge is -2.26. The molecule has 2 atom stereocenters. The summed E-state index contributed by atoms with van der Waals surface area (Å²) in [4.78, 5) is 35.4. The highest BCUT2D eigenvalue weighted by atomic mass is 79.9. The molecule has 0 heterocycles. The average Bonchev–Trinajstić information content (AvgIpc) is 2.74. The van der Waals surface area contributed by atoms with E-state index in [0.29, 0.717) is 32.2 Å². The SMILES string of the molecule is CC(=O)c1ccc(NC(=O)O[C@@H](c2cc(Br)cc(Br)c2O)[C@@H](C)CCOC(=O)CS)cc1. The molecule has 0 radical (unpaired) electrons. The van der Waals surface area contributed by atoms with Gasteiger partial charge in [0.2, 0.25) is 0 Å². The van der Waals surface area contributed by atoms with Gasteiger partial charge in [-0.1, -0.05) is 22.9 Å². The molecule has 0 bridgehead atoms. The summed E-state index contributed by atoms with van der Waals surface area (Å²) in [6, 6.07) is 9.73. The number of carbonyl (C=O) groups is 3. The molecule has 2 rings (SSSR count). The highest BCUT2D eigenvalue weighted by Crippen LogP contribution is 2.40. The number of phenols is 1. The summed E-state index contributed by atoms with van der Waals surface area (Å²) in [5, 5.41) is 13.2. The number of halogens is 2. The molecule has 1 amide bonds. The maximum Gasteiger partial charge on any atom is 0.412 e. The quantitative estimate of drug-likeness (QED) is 0.191. The molecule has 2 aromatic rings. The molecule has 7 nitrogen and oxygen atoms in total. The van der Waals surface area contributed by atoms with Gasteiger partial charge in [-0.25, -0.2) is 4.79 Å². The van der Waals surface area contributed by atoms with Gasteiger partial charge in [-0.05, 0) is 65.7 Å². The van der Waals surface area contributed by atoms with E-state index in [1.807, 2.05) is 6.92 Å². The van der Waals surface area contributed by atoms with Crippen LogP contribution in [0.2, 0.25) is 0 Å². The first kappa shape index (κ1) is 26.2. The Hall–Kier alpha value is -2.04. The first-order valence-corrected chi connectivity index (χ1v) is 11.9. The molecule has 172 valence electrons. The molecule has 0 fully saturated rings. The molecule has 0 aliphatic rings. The van der Waals surface area contributed by atoms with E-state index in [9.17, 15) is 19.5 Å². The zero-order chi connectivity index (χ0) is 23.8. The molecule has 2 N–H and O–H groups in total. The Morgan fingerprint density at radius 2 is 1.81 bits per heavy atom. The molecule has 10 heteroatoms. The third-order valence-corrected chi connectivity index (χ3v) is 5.94. The number of ketones is 1. The van der Waals surface area contributed by atoms with Crippen molar-refractivity contribution in [2.24, 2.45) is 5.92 Å². The number of amides is 1. The van der Waals surface area contributed by atoms with Crippen LogP contribution in [-0.2, 0) is 14.3 Å². The molecule has 0 spiro atoms. The van der Waals surface area contributed by atoms with Crippen LogP contribution in [0.5, 0.6) is 5.75 Å². The lowest BCUT2D eigenvalue weighted by molar-refractivity contribution is -0.141. The Morgan fingerprint density at radius 1 is 1.16 bits per heavy atom. The van der Waals surface area contributed by atoms with Gasteiger partial charge in [-0.2, -0.15) is 12.6 Å². The summed E-state index contributed by atoms with van der Waals surface area (Å²) >= 11 is 10.5. The van der Waals surface area contributed by atoms with Crippen molar-refractivity contribution in [1.29, 1.82) is 0 Å². The molecule has 0 saturated carbocycles. The van der Waals surface area contributed by atoms with Crippen molar-refractivity contribution in [3.05, 3.63) is 56.5 Å². The minimum absolute atomic E-state index is 0.0293. The molecule has 0 aliphatic heterocycles. The second kappa shape index (κ2) is 12.3. The lowest BCUT2D eigenvalue weighted by atomic mass is 9.94. The zero-order valence-electron chi connectivity index (χ0n) is 17.4. The highest BCUT2D eigenvalue weighted by molar-refractivity contribution is 9.11. The monoisotopic (exact) mass is 587 g/mol. The smallest absolute Gasteiger partial charge is 0.412 e. The number of phenolic OH excluding ortho intramolecular Hbond substituents is 1. The van der Waals surface area contributed by atoms with Crippen LogP contribution in [0.15, 0.2) is 45.3 Å². The summed E-state index contributed by atoms with van der Waals surface area (Å²) in [6.07, 6.45) is -1.19.